The fraction of sp³-hybridized carbons (Fsp3) is 0.677. The van der Waals surface area contributed by atoms with Crippen LogP contribution in [0, 0.1) is 23.7 Å². The Bertz CT molecular complexity index is 1010. The average Bonchev–Trinajstić information content (AvgIpc) is 2.89. The molecule has 10 nitrogen and oxygen atoms in total. The Kier molecular flexibility index (Phi) is 15.4. The van der Waals surface area contributed by atoms with Crippen LogP contribution in [0.1, 0.15) is 99.0 Å². The molecule has 6 atom stereocenters. The number of carbonyl (C=O) groups is 4. The van der Waals surface area contributed by atoms with Crippen LogP contribution in [0.2, 0.25) is 0 Å². The highest BCUT2D eigenvalue weighted by molar-refractivity contribution is 5.77. The van der Waals surface area contributed by atoms with Crippen LogP contribution < -0.4 is 15.2 Å². The fourth-order valence-electron chi connectivity index (χ4n) is 4.04. The van der Waals surface area contributed by atoms with Gasteiger partial charge < -0.3 is 29.8 Å². The molecule has 0 aliphatic rings. The Balaban J connectivity index is 3.36. The van der Waals surface area contributed by atoms with E-state index < -0.39 is 48.0 Å². The van der Waals surface area contributed by atoms with Crippen molar-refractivity contribution in [1.29, 1.82) is 0 Å². The second-order valence-corrected chi connectivity index (χ2v) is 11.4. The highest BCUT2D eigenvalue weighted by Gasteiger charge is 2.36. The maximum Gasteiger partial charge on any atom is 0.508 e. The topological polar surface area (TPSA) is 151 Å². The van der Waals surface area contributed by atoms with Crippen LogP contribution in [-0.4, -0.2) is 47.9 Å². The third kappa shape index (κ3) is 12.5. The molecular weight excluding hydrogens is 530 g/mol. The zero-order chi connectivity index (χ0) is 31.3. The number of esters is 2. The largest absolute Gasteiger partial charge is 0.508 e. The maximum absolute atomic E-state index is 12.7. The summed E-state index contributed by atoms with van der Waals surface area (Å²) < 4.78 is 21.8. The van der Waals surface area contributed by atoms with E-state index in [4.69, 9.17) is 24.7 Å². The second kappa shape index (κ2) is 17.6. The van der Waals surface area contributed by atoms with E-state index in [0.29, 0.717) is 17.9 Å². The van der Waals surface area contributed by atoms with E-state index in [1.807, 2.05) is 41.5 Å². The van der Waals surface area contributed by atoms with E-state index in [0.717, 1.165) is 12.8 Å². The highest BCUT2D eigenvalue weighted by atomic mass is 16.7. The number of carboxylic acids is 1. The molecule has 0 radical (unpaired) electrons. The number of hydrogen-bond acceptors (Lipinski definition) is 9. The van der Waals surface area contributed by atoms with Gasteiger partial charge in [0, 0.05) is 24.7 Å². The number of nitrogens with two attached hydrogens (primary N) is 1. The third-order valence-electron chi connectivity index (χ3n) is 7.40. The zero-order valence-electron chi connectivity index (χ0n) is 25.8. The summed E-state index contributed by atoms with van der Waals surface area (Å²) in [7, 11) is 0. The van der Waals surface area contributed by atoms with Crippen LogP contribution in [0.4, 0.5) is 4.79 Å². The van der Waals surface area contributed by atoms with Crippen molar-refractivity contribution < 1.29 is 43.2 Å². The van der Waals surface area contributed by atoms with Crippen LogP contribution >= 0.6 is 0 Å². The molecule has 5 unspecified atom stereocenters. The van der Waals surface area contributed by atoms with Crippen molar-refractivity contribution in [3.63, 3.8) is 0 Å². The Morgan fingerprint density at radius 2 is 1.39 bits per heavy atom. The van der Waals surface area contributed by atoms with Gasteiger partial charge in [-0.2, -0.15) is 0 Å². The maximum atomic E-state index is 12.7. The van der Waals surface area contributed by atoms with Crippen molar-refractivity contribution in [3.05, 3.63) is 23.8 Å². The lowest BCUT2D eigenvalue weighted by atomic mass is 9.79. The summed E-state index contributed by atoms with van der Waals surface area (Å²) in [6.45, 7) is 15.3. The van der Waals surface area contributed by atoms with E-state index in [2.05, 4.69) is 0 Å². The molecule has 0 aromatic heterocycles. The van der Waals surface area contributed by atoms with Gasteiger partial charge >= 0.3 is 24.1 Å². The van der Waals surface area contributed by atoms with Crippen LogP contribution in [-0.2, 0) is 23.9 Å². The molecule has 0 saturated carbocycles. The lowest BCUT2D eigenvalue weighted by molar-refractivity contribution is -0.140. The first-order valence-electron chi connectivity index (χ1n) is 14.6. The van der Waals surface area contributed by atoms with Gasteiger partial charge in [0.25, 0.3) is 0 Å². The lowest BCUT2D eigenvalue weighted by Crippen LogP contribution is -2.42. The first kappa shape index (κ1) is 35.9. The van der Waals surface area contributed by atoms with Gasteiger partial charge in [-0.05, 0) is 48.8 Å². The third-order valence-corrected chi connectivity index (χ3v) is 7.40. The Labute approximate surface area is 244 Å². The second-order valence-electron chi connectivity index (χ2n) is 11.4. The molecule has 3 N–H and O–H groups in total. The van der Waals surface area contributed by atoms with Gasteiger partial charge in [0.05, 0.1) is 6.61 Å². The highest BCUT2D eigenvalue weighted by Crippen LogP contribution is 2.37. The summed E-state index contributed by atoms with van der Waals surface area (Å²) in [6.07, 6.45) is 0.971. The molecule has 41 heavy (non-hydrogen) atoms. The molecule has 0 aliphatic carbocycles. The molecule has 0 aliphatic heterocycles. The van der Waals surface area contributed by atoms with Crippen molar-refractivity contribution >= 4 is 24.1 Å². The summed E-state index contributed by atoms with van der Waals surface area (Å²) in [4.78, 5) is 49.5. The van der Waals surface area contributed by atoms with Gasteiger partial charge in [0.1, 0.15) is 12.1 Å². The average molecular weight is 580 g/mol. The first-order chi connectivity index (χ1) is 19.2. The van der Waals surface area contributed by atoms with E-state index in [9.17, 15) is 24.3 Å². The summed E-state index contributed by atoms with van der Waals surface area (Å²) in [5.41, 5.74) is 6.56. The molecule has 0 heterocycles. The molecule has 0 bridgehead atoms. The smallest absolute Gasteiger partial charge is 0.480 e. The Morgan fingerprint density at radius 1 is 0.854 bits per heavy atom. The number of ether oxygens (including phenoxy) is 4. The fourth-order valence-corrected chi connectivity index (χ4v) is 4.04. The van der Waals surface area contributed by atoms with E-state index in [-0.39, 0.29) is 42.8 Å². The molecule has 1 aromatic carbocycles. The monoisotopic (exact) mass is 579 g/mol. The lowest BCUT2D eigenvalue weighted by Gasteiger charge is -2.31. The number of carbonyl (C=O) groups excluding carboxylic acids is 3. The molecule has 10 heteroatoms. The number of hydrogen-bond donors (Lipinski definition) is 2. The predicted molar refractivity (Wildman–Crippen MR) is 155 cm³/mol. The summed E-state index contributed by atoms with van der Waals surface area (Å²) in [5, 5.41) is 9.80. The molecule has 1 rings (SSSR count). The number of aliphatic carboxylic acids is 1. The molecule has 232 valence electrons. The van der Waals surface area contributed by atoms with Crippen molar-refractivity contribution in [1.82, 2.24) is 0 Å². The normalized spacial score (nSPS) is 15.7. The van der Waals surface area contributed by atoms with Gasteiger partial charge in [-0.25, -0.2) is 4.79 Å². The number of carboxylic acid groups (broad SMARTS) is 1. The van der Waals surface area contributed by atoms with Gasteiger partial charge in [-0.15, -0.1) is 0 Å². The first-order valence-corrected chi connectivity index (χ1v) is 14.6. The van der Waals surface area contributed by atoms with Crippen molar-refractivity contribution in [3.8, 4) is 11.5 Å². The van der Waals surface area contributed by atoms with Crippen LogP contribution in [0.5, 0.6) is 11.5 Å². The van der Waals surface area contributed by atoms with E-state index >= 15 is 0 Å². The van der Waals surface area contributed by atoms with Crippen molar-refractivity contribution in [2.75, 3.05) is 6.61 Å². The van der Waals surface area contributed by atoms with Gasteiger partial charge in [-0.1, -0.05) is 67.4 Å². The number of benzene rings is 1. The zero-order valence-corrected chi connectivity index (χ0v) is 25.8. The quantitative estimate of drug-likeness (QED) is 0.164. The van der Waals surface area contributed by atoms with Crippen LogP contribution in [0.3, 0.4) is 0 Å². The molecular formula is C31H49NO9. The molecule has 1 aromatic rings. The van der Waals surface area contributed by atoms with Crippen LogP contribution in [0.25, 0.3) is 0 Å². The Morgan fingerprint density at radius 3 is 1.88 bits per heavy atom. The summed E-state index contributed by atoms with van der Waals surface area (Å²) >= 11 is 0. The molecule has 0 saturated heterocycles. The SMILES string of the molecule is CCC(C)CC(=O)Oc1ccc(C(C(C)C(C)OC(=O)OCCC(C)C)[C@H](N)C(=O)O)cc1OC(=O)CC(C)CC. The molecule has 0 amide bonds. The van der Waals surface area contributed by atoms with Gasteiger partial charge in [0.2, 0.25) is 0 Å². The summed E-state index contributed by atoms with van der Waals surface area (Å²) in [6, 6.07) is 3.14. The number of rotatable bonds is 17. The van der Waals surface area contributed by atoms with Crippen molar-refractivity contribution in [2.24, 2.45) is 29.4 Å². The molecule has 0 fully saturated rings. The molecule has 0 spiro atoms. The predicted octanol–water partition coefficient (Wildman–Crippen LogP) is 6.09. The minimum absolute atomic E-state index is 0.00948. The minimum Gasteiger partial charge on any atom is -0.480 e. The standard InChI is InChI=1S/C31H49NO9/c1-9-19(5)15-26(33)40-24-12-11-23(17-25(24)41-27(34)16-20(6)10-2)28(29(32)30(35)36)21(7)22(8)39-31(37)38-14-13-18(3)4/h11-12,17-22,28-29H,9-10,13-16,32H2,1-8H3,(H,35,36)/t19?,20?,21?,22?,28?,29-/m0/s1. The van der Waals surface area contributed by atoms with Gasteiger partial charge in [0.15, 0.2) is 11.5 Å². The van der Waals surface area contributed by atoms with Crippen molar-refractivity contribution in [2.45, 2.75) is 106 Å². The van der Waals surface area contributed by atoms with Crippen LogP contribution in [0.15, 0.2) is 18.2 Å². The Hall–Kier alpha value is -3.14. The minimum atomic E-state index is -1.38. The van der Waals surface area contributed by atoms with E-state index in [1.54, 1.807) is 19.9 Å². The summed E-state index contributed by atoms with van der Waals surface area (Å²) in [5.74, 6) is -3.11. The van der Waals surface area contributed by atoms with Gasteiger partial charge in [-0.3, -0.25) is 14.4 Å². The van der Waals surface area contributed by atoms with E-state index in [1.165, 1.54) is 12.1 Å².